The molecule has 6 nitrogen and oxygen atoms in total. The zero-order chi connectivity index (χ0) is 23.1. The van der Waals surface area contributed by atoms with E-state index in [0.29, 0.717) is 24.7 Å². The second kappa shape index (κ2) is 8.50. The number of anilines is 1. The molecule has 2 unspecified atom stereocenters. The molecule has 0 radical (unpaired) electrons. The van der Waals surface area contributed by atoms with E-state index in [4.69, 9.17) is 9.47 Å². The van der Waals surface area contributed by atoms with Gasteiger partial charge in [-0.2, -0.15) is 11.3 Å². The Balaban J connectivity index is 1.57. The Hall–Kier alpha value is -3.42. The van der Waals surface area contributed by atoms with Crippen molar-refractivity contribution >= 4 is 28.7 Å². The second-order valence-electron chi connectivity index (χ2n) is 8.12. The van der Waals surface area contributed by atoms with Gasteiger partial charge in [0.15, 0.2) is 11.5 Å². The SMILES string of the molecule is COCCOc1ccc2c(c1)C1C(=C(O)C(=O)N1c1ccc(-c3ccsc3)cc1)C(=O)C2C. The molecule has 0 bridgehead atoms. The quantitative estimate of drug-likeness (QED) is 0.521. The number of aliphatic hydroxyl groups excluding tert-OH is 1. The molecule has 7 heteroatoms. The molecule has 1 aliphatic carbocycles. The molecule has 2 atom stereocenters. The van der Waals surface area contributed by atoms with Crippen molar-refractivity contribution in [3.8, 4) is 16.9 Å². The normalized spacial score (nSPS) is 19.6. The van der Waals surface area contributed by atoms with E-state index in [1.165, 1.54) is 4.90 Å². The van der Waals surface area contributed by atoms with Crippen molar-refractivity contribution in [2.45, 2.75) is 18.9 Å². The number of hydrogen-bond donors (Lipinski definition) is 1. The van der Waals surface area contributed by atoms with Gasteiger partial charge in [0.1, 0.15) is 12.4 Å². The van der Waals surface area contributed by atoms with Crippen LogP contribution in [0.15, 0.2) is 70.6 Å². The number of methoxy groups -OCH3 is 1. The van der Waals surface area contributed by atoms with Gasteiger partial charge in [-0.25, -0.2) is 0 Å². The lowest BCUT2D eigenvalue weighted by atomic mass is 9.77. The van der Waals surface area contributed by atoms with Gasteiger partial charge < -0.3 is 14.6 Å². The standard InChI is InChI=1S/C26H23NO5S/c1-15-20-8-7-19(32-11-10-31-2)13-21(20)23-22(24(15)28)25(29)26(30)27(23)18-5-3-16(4-6-18)17-9-12-33-14-17/h3-9,12-15,23,29H,10-11H2,1-2H3. The Morgan fingerprint density at radius 2 is 1.79 bits per heavy atom. The van der Waals surface area contributed by atoms with Crippen molar-refractivity contribution in [2.24, 2.45) is 0 Å². The zero-order valence-corrected chi connectivity index (χ0v) is 19.1. The summed E-state index contributed by atoms with van der Waals surface area (Å²) in [5.41, 5.74) is 4.51. The first-order valence-corrected chi connectivity index (χ1v) is 11.6. The van der Waals surface area contributed by atoms with Crippen LogP contribution in [0.1, 0.15) is 30.0 Å². The molecule has 168 valence electrons. The molecule has 2 heterocycles. The van der Waals surface area contributed by atoms with E-state index < -0.39 is 23.6 Å². The summed E-state index contributed by atoms with van der Waals surface area (Å²) in [5, 5.41) is 14.8. The monoisotopic (exact) mass is 461 g/mol. The highest BCUT2D eigenvalue weighted by atomic mass is 32.1. The Kier molecular flexibility index (Phi) is 5.52. The van der Waals surface area contributed by atoms with Crippen molar-refractivity contribution in [1.29, 1.82) is 0 Å². The number of carbonyl (C=O) groups excluding carboxylic acids is 2. The van der Waals surface area contributed by atoms with E-state index in [9.17, 15) is 14.7 Å². The van der Waals surface area contributed by atoms with Gasteiger partial charge in [-0.3, -0.25) is 14.5 Å². The number of nitrogens with zero attached hydrogens (tertiary/aromatic N) is 1. The maximum absolute atomic E-state index is 13.2. The molecule has 1 amide bonds. The summed E-state index contributed by atoms with van der Waals surface area (Å²) in [5.74, 6) is -1.12. The number of thiophene rings is 1. The summed E-state index contributed by atoms with van der Waals surface area (Å²) in [4.78, 5) is 27.8. The fraction of sp³-hybridized carbons (Fsp3) is 0.231. The molecule has 33 heavy (non-hydrogen) atoms. The Morgan fingerprint density at radius 3 is 2.48 bits per heavy atom. The zero-order valence-electron chi connectivity index (χ0n) is 18.3. The number of fused-ring (bicyclic) bond motifs is 3. The predicted molar refractivity (Wildman–Crippen MR) is 127 cm³/mol. The number of amides is 1. The molecule has 5 rings (SSSR count). The third kappa shape index (κ3) is 3.53. The van der Waals surface area contributed by atoms with Gasteiger partial charge in [-0.1, -0.05) is 25.1 Å². The number of hydrogen-bond acceptors (Lipinski definition) is 6. The molecule has 3 aromatic rings. The lowest BCUT2D eigenvalue weighted by Crippen LogP contribution is -2.34. The van der Waals surface area contributed by atoms with Crippen molar-refractivity contribution < 1.29 is 24.2 Å². The number of carbonyl (C=O) groups is 2. The highest BCUT2D eigenvalue weighted by Crippen LogP contribution is 2.49. The van der Waals surface area contributed by atoms with Gasteiger partial charge in [0.2, 0.25) is 0 Å². The van der Waals surface area contributed by atoms with Gasteiger partial charge in [0, 0.05) is 18.7 Å². The third-order valence-corrected chi connectivity index (χ3v) is 6.93. The lowest BCUT2D eigenvalue weighted by molar-refractivity contribution is -0.118. The molecular weight excluding hydrogens is 438 g/mol. The van der Waals surface area contributed by atoms with Crippen molar-refractivity contribution in [3.63, 3.8) is 0 Å². The van der Waals surface area contributed by atoms with Crippen LogP contribution in [0.25, 0.3) is 11.1 Å². The minimum Gasteiger partial charge on any atom is -0.503 e. The number of benzene rings is 2. The van der Waals surface area contributed by atoms with Crippen molar-refractivity contribution in [3.05, 3.63) is 81.8 Å². The molecule has 1 N–H and O–H groups in total. The van der Waals surface area contributed by atoms with E-state index in [0.717, 1.165) is 22.3 Å². The summed E-state index contributed by atoms with van der Waals surface area (Å²) in [6.45, 7) is 2.63. The van der Waals surface area contributed by atoms with Crippen molar-refractivity contribution in [2.75, 3.05) is 25.2 Å². The first kappa shape index (κ1) is 21.4. The average Bonchev–Trinajstić information content (AvgIpc) is 3.45. The fourth-order valence-corrected chi connectivity index (χ4v) is 5.22. The van der Waals surface area contributed by atoms with Gasteiger partial charge in [-0.05, 0) is 63.3 Å². The number of Topliss-reactive ketones (excluding diaryl/α,β-unsaturated/α-hetero) is 1. The number of ketones is 1. The summed E-state index contributed by atoms with van der Waals surface area (Å²) in [6.07, 6.45) is 0. The maximum Gasteiger partial charge on any atom is 0.294 e. The summed E-state index contributed by atoms with van der Waals surface area (Å²) < 4.78 is 10.8. The Bertz CT molecular complexity index is 1250. The van der Waals surface area contributed by atoms with Crippen LogP contribution in [0.4, 0.5) is 5.69 Å². The third-order valence-electron chi connectivity index (χ3n) is 6.24. The minimum atomic E-state index is -0.700. The van der Waals surface area contributed by atoms with Crippen LogP contribution in [0.3, 0.4) is 0 Å². The van der Waals surface area contributed by atoms with E-state index >= 15 is 0 Å². The number of ether oxygens (including phenoxy) is 2. The molecule has 0 spiro atoms. The average molecular weight is 462 g/mol. The molecule has 1 aromatic heterocycles. The Labute approximate surface area is 195 Å². The number of rotatable bonds is 6. The molecule has 1 aliphatic heterocycles. The van der Waals surface area contributed by atoms with Gasteiger partial charge in [0.25, 0.3) is 5.91 Å². The fourth-order valence-electron chi connectivity index (χ4n) is 4.55. The van der Waals surface area contributed by atoms with Crippen molar-refractivity contribution in [1.82, 2.24) is 0 Å². The van der Waals surface area contributed by atoms with Crippen LogP contribution in [0.5, 0.6) is 5.75 Å². The molecule has 2 aromatic carbocycles. The first-order chi connectivity index (χ1) is 16.0. The predicted octanol–water partition coefficient (Wildman–Crippen LogP) is 5.03. The van der Waals surface area contributed by atoms with Crippen LogP contribution < -0.4 is 9.64 Å². The van der Waals surface area contributed by atoms with Crippen LogP contribution >= 0.6 is 11.3 Å². The smallest absolute Gasteiger partial charge is 0.294 e. The largest absolute Gasteiger partial charge is 0.503 e. The number of aliphatic hydroxyl groups is 1. The second-order valence-corrected chi connectivity index (χ2v) is 8.90. The van der Waals surface area contributed by atoms with E-state index in [1.807, 2.05) is 53.9 Å². The lowest BCUT2D eigenvalue weighted by Gasteiger charge is -2.34. The van der Waals surface area contributed by atoms with E-state index in [1.54, 1.807) is 25.4 Å². The highest BCUT2D eigenvalue weighted by molar-refractivity contribution is 7.08. The molecule has 2 aliphatic rings. The minimum absolute atomic E-state index is 0.149. The van der Waals surface area contributed by atoms with Crippen LogP contribution in [0.2, 0.25) is 0 Å². The first-order valence-electron chi connectivity index (χ1n) is 10.7. The molecular formula is C26H23NO5S. The van der Waals surface area contributed by atoms with E-state index in [2.05, 4.69) is 5.38 Å². The summed E-state index contributed by atoms with van der Waals surface area (Å²) >= 11 is 1.62. The Morgan fingerprint density at radius 1 is 1.00 bits per heavy atom. The topological polar surface area (TPSA) is 76.1 Å². The molecule has 0 saturated carbocycles. The van der Waals surface area contributed by atoms with Gasteiger partial charge >= 0.3 is 0 Å². The van der Waals surface area contributed by atoms with Crippen LogP contribution in [-0.4, -0.2) is 37.1 Å². The summed E-state index contributed by atoms with van der Waals surface area (Å²) in [7, 11) is 1.61. The van der Waals surface area contributed by atoms with E-state index in [-0.39, 0.29) is 11.4 Å². The van der Waals surface area contributed by atoms with Gasteiger partial charge in [0.05, 0.1) is 18.2 Å². The maximum atomic E-state index is 13.2. The molecule has 0 saturated heterocycles. The summed E-state index contributed by atoms with van der Waals surface area (Å²) in [6, 6.07) is 14.5. The molecule has 0 fully saturated rings. The van der Waals surface area contributed by atoms with Crippen LogP contribution in [-0.2, 0) is 14.3 Å². The van der Waals surface area contributed by atoms with Crippen LogP contribution in [0, 0.1) is 0 Å². The highest BCUT2D eigenvalue weighted by Gasteiger charge is 2.49. The van der Waals surface area contributed by atoms with Gasteiger partial charge in [-0.15, -0.1) is 0 Å².